The molecule has 108 valence electrons. The van der Waals surface area contributed by atoms with Crippen molar-refractivity contribution in [1.29, 1.82) is 0 Å². The van der Waals surface area contributed by atoms with E-state index in [4.69, 9.17) is 0 Å². The van der Waals surface area contributed by atoms with E-state index in [9.17, 15) is 9.59 Å². The highest BCUT2D eigenvalue weighted by atomic mass is 16.2. The number of anilines is 1. The monoisotopic (exact) mass is 275 g/mol. The molecule has 1 aliphatic heterocycles. The Morgan fingerprint density at radius 3 is 2.45 bits per heavy atom. The van der Waals surface area contributed by atoms with E-state index < -0.39 is 12.1 Å². The van der Waals surface area contributed by atoms with Gasteiger partial charge in [0.05, 0.1) is 11.4 Å². The summed E-state index contributed by atoms with van der Waals surface area (Å²) < 4.78 is 0. The van der Waals surface area contributed by atoms with E-state index in [-0.39, 0.29) is 17.7 Å². The first-order chi connectivity index (χ1) is 9.32. The second-order valence-corrected chi connectivity index (χ2v) is 5.67. The normalized spacial score (nSPS) is 23.2. The highest BCUT2D eigenvalue weighted by Crippen LogP contribution is 2.26. The van der Waals surface area contributed by atoms with Crippen LogP contribution in [0.25, 0.3) is 0 Å². The fourth-order valence-electron chi connectivity index (χ4n) is 2.51. The fraction of sp³-hybridized carbons (Fsp3) is 0.533. The van der Waals surface area contributed by atoms with E-state index in [2.05, 4.69) is 10.3 Å². The molecule has 2 rings (SSSR count). The summed E-state index contributed by atoms with van der Waals surface area (Å²) in [4.78, 5) is 30.7. The minimum Gasteiger partial charge on any atom is -0.342 e. The van der Waals surface area contributed by atoms with Gasteiger partial charge in [0.2, 0.25) is 5.91 Å². The number of carbonyl (C=O) groups excluding carboxylic acids is 2. The minimum absolute atomic E-state index is 0.0557. The number of piperazine rings is 1. The van der Waals surface area contributed by atoms with Gasteiger partial charge >= 0.3 is 0 Å². The van der Waals surface area contributed by atoms with Crippen molar-refractivity contribution in [2.75, 3.05) is 4.90 Å². The molecule has 1 aliphatic rings. The topological polar surface area (TPSA) is 62.3 Å². The molecular weight excluding hydrogens is 254 g/mol. The Morgan fingerprint density at radius 1 is 1.25 bits per heavy atom. The van der Waals surface area contributed by atoms with Crippen molar-refractivity contribution in [1.82, 2.24) is 10.3 Å². The van der Waals surface area contributed by atoms with Crippen molar-refractivity contribution in [2.45, 2.75) is 46.7 Å². The molecule has 0 saturated carbocycles. The van der Waals surface area contributed by atoms with E-state index in [1.54, 1.807) is 11.8 Å². The molecule has 1 N–H and O–H groups in total. The summed E-state index contributed by atoms with van der Waals surface area (Å²) in [6.07, 6.45) is 0. The van der Waals surface area contributed by atoms with Crippen molar-refractivity contribution >= 4 is 17.5 Å². The number of aryl methyl sites for hydroxylation is 2. The maximum Gasteiger partial charge on any atom is 0.250 e. The van der Waals surface area contributed by atoms with E-state index in [1.807, 2.05) is 39.8 Å². The number of nitrogens with one attached hydrogen (secondary N) is 1. The molecular formula is C15H21N3O2. The molecule has 2 heterocycles. The quantitative estimate of drug-likeness (QED) is 0.891. The van der Waals surface area contributed by atoms with Crippen LogP contribution in [0.3, 0.4) is 0 Å². The summed E-state index contributed by atoms with van der Waals surface area (Å²) in [6.45, 7) is 9.36. The predicted molar refractivity (Wildman–Crippen MR) is 77.4 cm³/mol. The van der Waals surface area contributed by atoms with Crippen molar-refractivity contribution < 1.29 is 9.59 Å². The van der Waals surface area contributed by atoms with Crippen molar-refractivity contribution in [2.24, 2.45) is 5.92 Å². The van der Waals surface area contributed by atoms with Crippen LogP contribution in [0.1, 0.15) is 32.2 Å². The number of hydrogen-bond acceptors (Lipinski definition) is 3. The molecule has 5 heteroatoms. The molecule has 0 radical (unpaired) electrons. The van der Waals surface area contributed by atoms with Crippen LogP contribution in [0.2, 0.25) is 0 Å². The summed E-state index contributed by atoms with van der Waals surface area (Å²) >= 11 is 0. The third-order valence-corrected chi connectivity index (χ3v) is 3.69. The summed E-state index contributed by atoms with van der Waals surface area (Å²) in [5, 5.41) is 2.80. The molecule has 0 aliphatic carbocycles. The first-order valence-corrected chi connectivity index (χ1v) is 6.90. The van der Waals surface area contributed by atoms with Gasteiger partial charge in [0.25, 0.3) is 5.91 Å². The molecule has 2 unspecified atom stereocenters. The molecule has 2 amide bonds. The van der Waals surface area contributed by atoms with Crippen LogP contribution in [0.4, 0.5) is 5.69 Å². The molecule has 1 fully saturated rings. The average Bonchev–Trinajstić information content (AvgIpc) is 2.36. The average molecular weight is 275 g/mol. The number of rotatable bonds is 2. The number of pyridine rings is 1. The predicted octanol–water partition coefficient (Wildman–Crippen LogP) is 1.57. The van der Waals surface area contributed by atoms with Crippen molar-refractivity contribution in [3.05, 3.63) is 23.5 Å². The lowest BCUT2D eigenvalue weighted by Gasteiger charge is -2.39. The Bertz CT molecular complexity index is 554. The number of amides is 2. The maximum atomic E-state index is 12.6. The van der Waals surface area contributed by atoms with Crippen LogP contribution in [0, 0.1) is 19.8 Å². The van der Waals surface area contributed by atoms with Gasteiger partial charge in [-0.2, -0.15) is 0 Å². The van der Waals surface area contributed by atoms with Gasteiger partial charge in [0, 0.05) is 5.69 Å². The number of carbonyl (C=O) groups is 2. The second kappa shape index (κ2) is 5.23. The first-order valence-electron chi connectivity index (χ1n) is 6.90. The lowest BCUT2D eigenvalue weighted by atomic mass is 9.97. The lowest BCUT2D eigenvalue weighted by Crippen LogP contribution is -2.64. The van der Waals surface area contributed by atoms with Crippen LogP contribution < -0.4 is 10.2 Å². The zero-order valence-corrected chi connectivity index (χ0v) is 12.6. The number of nitrogens with zero attached hydrogens (tertiary/aromatic N) is 2. The summed E-state index contributed by atoms with van der Waals surface area (Å²) in [7, 11) is 0. The zero-order chi connectivity index (χ0) is 15.0. The van der Waals surface area contributed by atoms with Crippen LogP contribution >= 0.6 is 0 Å². The highest BCUT2D eigenvalue weighted by Gasteiger charge is 2.40. The fourth-order valence-corrected chi connectivity index (χ4v) is 2.51. The van der Waals surface area contributed by atoms with E-state index in [0.29, 0.717) is 5.69 Å². The van der Waals surface area contributed by atoms with Gasteiger partial charge in [-0.1, -0.05) is 13.8 Å². The third kappa shape index (κ3) is 2.40. The van der Waals surface area contributed by atoms with Gasteiger partial charge in [-0.15, -0.1) is 0 Å². The third-order valence-electron chi connectivity index (χ3n) is 3.69. The van der Waals surface area contributed by atoms with E-state index in [1.165, 1.54) is 0 Å². The van der Waals surface area contributed by atoms with Gasteiger partial charge in [0.1, 0.15) is 12.1 Å². The maximum absolute atomic E-state index is 12.6. The molecule has 1 saturated heterocycles. The number of hydrogen-bond donors (Lipinski definition) is 1. The molecule has 2 atom stereocenters. The van der Waals surface area contributed by atoms with E-state index in [0.717, 1.165) is 11.4 Å². The van der Waals surface area contributed by atoms with Gasteiger partial charge < -0.3 is 5.32 Å². The highest BCUT2D eigenvalue weighted by molar-refractivity contribution is 6.08. The van der Waals surface area contributed by atoms with Crippen molar-refractivity contribution in [3.8, 4) is 0 Å². The standard InChI is InChI=1S/C15H21N3O2/c1-8(2)13-15(20)18(11(5)14(19)17-13)12-7-6-9(3)16-10(12)4/h6-8,11,13H,1-5H3,(H,17,19). The summed E-state index contributed by atoms with van der Waals surface area (Å²) in [6, 6.07) is 2.74. The van der Waals surface area contributed by atoms with Crippen LogP contribution in [-0.2, 0) is 9.59 Å². The Morgan fingerprint density at radius 2 is 1.90 bits per heavy atom. The Labute approximate surface area is 119 Å². The van der Waals surface area contributed by atoms with Crippen LogP contribution in [0.15, 0.2) is 12.1 Å². The molecule has 0 aromatic carbocycles. The summed E-state index contributed by atoms with van der Waals surface area (Å²) in [5.41, 5.74) is 2.38. The smallest absolute Gasteiger partial charge is 0.250 e. The molecule has 1 aromatic rings. The van der Waals surface area contributed by atoms with Gasteiger partial charge in [-0.3, -0.25) is 19.5 Å². The zero-order valence-electron chi connectivity index (χ0n) is 12.6. The molecule has 0 spiro atoms. The largest absolute Gasteiger partial charge is 0.342 e. The summed E-state index contributed by atoms with van der Waals surface area (Å²) in [5.74, 6) is -0.135. The molecule has 1 aromatic heterocycles. The Hall–Kier alpha value is -1.91. The van der Waals surface area contributed by atoms with Gasteiger partial charge in [-0.25, -0.2) is 0 Å². The van der Waals surface area contributed by atoms with E-state index >= 15 is 0 Å². The molecule has 5 nitrogen and oxygen atoms in total. The van der Waals surface area contributed by atoms with Gasteiger partial charge in [0.15, 0.2) is 0 Å². The van der Waals surface area contributed by atoms with Crippen LogP contribution in [0.5, 0.6) is 0 Å². The first kappa shape index (κ1) is 14.5. The Kier molecular flexibility index (Phi) is 3.79. The molecule has 20 heavy (non-hydrogen) atoms. The molecule has 0 bridgehead atoms. The Balaban J connectivity index is 2.46. The number of aromatic nitrogens is 1. The second-order valence-electron chi connectivity index (χ2n) is 5.67. The van der Waals surface area contributed by atoms with Gasteiger partial charge in [-0.05, 0) is 38.8 Å². The van der Waals surface area contributed by atoms with Crippen molar-refractivity contribution in [3.63, 3.8) is 0 Å². The van der Waals surface area contributed by atoms with Crippen LogP contribution in [-0.4, -0.2) is 28.9 Å². The minimum atomic E-state index is -0.513. The SMILES string of the molecule is Cc1ccc(N2C(=O)C(C(C)C)NC(=O)C2C)c(C)n1. The lowest BCUT2D eigenvalue weighted by molar-refractivity contribution is -0.134.